The van der Waals surface area contributed by atoms with Crippen LogP contribution in [0.5, 0.6) is 0 Å². The molecular formula is C39H50F2N6O4. The van der Waals surface area contributed by atoms with E-state index < -0.39 is 17.4 Å². The zero-order valence-electron chi connectivity index (χ0n) is 29.8. The van der Waals surface area contributed by atoms with Gasteiger partial charge in [0.05, 0.1) is 56.1 Å². The summed E-state index contributed by atoms with van der Waals surface area (Å²) in [6, 6.07) is 14.1. The average molecular weight is 705 g/mol. The Morgan fingerprint density at radius 2 is 1.76 bits per heavy atom. The van der Waals surface area contributed by atoms with Crippen LogP contribution in [0.2, 0.25) is 0 Å². The van der Waals surface area contributed by atoms with Crippen molar-refractivity contribution in [3.05, 3.63) is 65.0 Å². The minimum atomic E-state index is -1.42. The van der Waals surface area contributed by atoms with Crippen LogP contribution < -0.4 is 10.2 Å². The third kappa shape index (κ3) is 7.05. The molecular weight excluding hydrogens is 654 g/mol. The van der Waals surface area contributed by atoms with Crippen molar-refractivity contribution in [1.82, 2.24) is 20.0 Å². The highest BCUT2D eigenvalue weighted by molar-refractivity contribution is 5.98. The molecule has 7 rings (SSSR count). The number of hydrogen-bond donors (Lipinski definition) is 2. The number of methoxy groups -OCH3 is 1. The first-order valence-electron chi connectivity index (χ1n) is 18.5. The molecule has 51 heavy (non-hydrogen) atoms. The predicted octanol–water partition coefficient (Wildman–Crippen LogP) is 4.31. The number of hydrogen-bond acceptors (Lipinski definition) is 8. The van der Waals surface area contributed by atoms with Gasteiger partial charge in [-0.05, 0) is 113 Å². The Morgan fingerprint density at radius 1 is 1.02 bits per heavy atom. The molecule has 4 aliphatic heterocycles. The molecule has 3 atom stereocenters. The summed E-state index contributed by atoms with van der Waals surface area (Å²) in [6.45, 7) is 7.05. The third-order valence-corrected chi connectivity index (χ3v) is 12.3. The number of ether oxygens (including phenoxy) is 1. The summed E-state index contributed by atoms with van der Waals surface area (Å²) >= 11 is 0. The lowest BCUT2D eigenvalue weighted by molar-refractivity contribution is -0.0668. The van der Waals surface area contributed by atoms with Crippen molar-refractivity contribution in [2.45, 2.75) is 68.2 Å². The second-order valence-electron chi connectivity index (χ2n) is 16.0. The number of benzene rings is 2. The molecule has 10 nitrogen and oxygen atoms in total. The van der Waals surface area contributed by atoms with Gasteiger partial charge < -0.3 is 29.9 Å². The molecule has 1 aliphatic carbocycles. The molecule has 0 aromatic heterocycles. The van der Waals surface area contributed by atoms with E-state index in [0.29, 0.717) is 12.2 Å². The van der Waals surface area contributed by atoms with Crippen molar-refractivity contribution >= 4 is 17.7 Å². The minimum Gasteiger partial charge on any atom is -0.453 e. The molecule has 0 radical (unpaired) electrons. The number of rotatable bonds is 10. The number of anilines is 1. The number of nitriles is 1. The van der Waals surface area contributed by atoms with Gasteiger partial charge in [0.25, 0.3) is 5.91 Å². The number of amides is 2. The van der Waals surface area contributed by atoms with Gasteiger partial charge in [0, 0.05) is 30.2 Å². The third-order valence-electron chi connectivity index (χ3n) is 12.3. The van der Waals surface area contributed by atoms with Crippen molar-refractivity contribution in [1.29, 1.82) is 5.26 Å². The zero-order chi connectivity index (χ0) is 36.0. The van der Waals surface area contributed by atoms with Crippen molar-refractivity contribution in [2.24, 2.45) is 11.8 Å². The number of likely N-dealkylation sites (tertiary alicyclic amines) is 3. The van der Waals surface area contributed by atoms with Crippen LogP contribution in [-0.2, 0) is 10.2 Å². The standard InChI is InChI=1S/C39H50F2N6O4/c1-37(50)21-47(22-37)35(48)32-19-31(11-10-27(32)20-42)46-24-38(41,25-46)23-45-16-12-28(13-17-45)39(26-44-14-5-15-44,29-6-3-7-30(40)18-29)33-8-4-9-34(33)43-36(49)51-2/h3,6-7,10-11,18-19,28,33-34,50H,4-5,8-9,12-17,21-26H2,1-2H3,(H,43,49)/t33-,34-,39-/m0/s1. The van der Waals surface area contributed by atoms with Crippen LogP contribution in [0, 0.1) is 29.0 Å². The van der Waals surface area contributed by atoms with Crippen molar-refractivity contribution < 1.29 is 28.2 Å². The Balaban J connectivity index is 1.04. The van der Waals surface area contributed by atoms with Crippen LogP contribution in [0.4, 0.5) is 19.3 Å². The van der Waals surface area contributed by atoms with Gasteiger partial charge in [-0.3, -0.25) is 9.69 Å². The first-order valence-corrected chi connectivity index (χ1v) is 18.5. The van der Waals surface area contributed by atoms with Gasteiger partial charge in [-0.2, -0.15) is 5.26 Å². The van der Waals surface area contributed by atoms with Crippen LogP contribution >= 0.6 is 0 Å². The summed E-state index contributed by atoms with van der Waals surface area (Å²) in [6.07, 6.45) is 5.16. The number of alkyl halides is 1. The number of halogens is 2. The van der Waals surface area contributed by atoms with E-state index in [2.05, 4.69) is 27.3 Å². The molecule has 5 aliphatic rings. The first-order chi connectivity index (χ1) is 24.4. The maximum Gasteiger partial charge on any atom is 0.407 e. The van der Waals surface area contributed by atoms with Crippen molar-refractivity contribution in [3.63, 3.8) is 0 Å². The maximum absolute atomic E-state index is 16.3. The topological polar surface area (TPSA) is 112 Å². The quantitative estimate of drug-likeness (QED) is 0.377. The molecule has 0 spiro atoms. The van der Waals surface area contributed by atoms with Crippen LogP contribution in [0.25, 0.3) is 0 Å². The van der Waals surface area contributed by atoms with E-state index in [1.54, 1.807) is 37.3 Å². The summed E-state index contributed by atoms with van der Waals surface area (Å²) < 4.78 is 36.3. The average Bonchev–Trinajstić information content (AvgIpc) is 3.53. The summed E-state index contributed by atoms with van der Waals surface area (Å²) in [4.78, 5) is 33.7. The lowest BCUT2D eigenvalue weighted by Crippen LogP contribution is -2.65. The highest BCUT2D eigenvalue weighted by atomic mass is 19.1. The van der Waals surface area contributed by atoms with E-state index in [0.717, 1.165) is 76.8 Å². The van der Waals surface area contributed by atoms with E-state index in [1.807, 2.05) is 4.90 Å². The Hall–Kier alpha value is -3.79. The SMILES string of the molecule is COC(=O)N[C@H]1CCC[C@@H]1[C@](CN1CCC1)(c1cccc(F)c1)C1CCN(CC2(F)CN(c3ccc(C#N)c(C(=O)N4CC(C)(O)C4)c3)C2)CC1. The summed E-state index contributed by atoms with van der Waals surface area (Å²) in [5.41, 5.74) is -0.487. The van der Waals surface area contributed by atoms with Crippen LogP contribution in [0.15, 0.2) is 42.5 Å². The molecule has 2 amide bonds. The fourth-order valence-corrected chi connectivity index (χ4v) is 9.76. The monoisotopic (exact) mass is 704 g/mol. The second kappa shape index (κ2) is 14.0. The van der Waals surface area contributed by atoms with Gasteiger partial charge in [0.1, 0.15) is 5.82 Å². The number of aliphatic hydroxyl groups is 1. The lowest BCUT2D eigenvalue weighted by Gasteiger charge is -2.54. The highest BCUT2D eigenvalue weighted by Crippen LogP contribution is 2.51. The summed E-state index contributed by atoms with van der Waals surface area (Å²) in [7, 11) is 1.39. The lowest BCUT2D eigenvalue weighted by atomic mass is 9.57. The summed E-state index contributed by atoms with van der Waals surface area (Å²) in [5, 5.41) is 22.9. The first kappa shape index (κ1) is 35.6. The number of carbonyl (C=O) groups is 2. The van der Waals surface area contributed by atoms with E-state index in [-0.39, 0.29) is 72.3 Å². The minimum absolute atomic E-state index is 0.0751. The van der Waals surface area contributed by atoms with Gasteiger partial charge in [0.2, 0.25) is 0 Å². The Bertz CT molecular complexity index is 1660. The van der Waals surface area contributed by atoms with Crippen molar-refractivity contribution in [2.75, 3.05) is 77.5 Å². The molecule has 12 heteroatoms. The predicted molar refractivity (Wildman–Crippen MR) is 189 cm³/mol. The zero-order valence-corrected chi connectivity index (χ0v) is 29.8. The van der Waals surface area contributed by atoms with Crippen molar-refractivity contribution in [3.8, 4) is 6.07 Å². The smallest absolute Gasteiger partial charge is 0.407 e. The Labute approximate surface area is 299 Å². The Kier molecular flexibility index (Phi) is 9.76. The highest BCUT2D eigenvalue weighted by Gasteiger charge is 2.54. The van der Waals surface area contributed by atoms with E-state index in [1.165, 1.54) is 18.1 Å². The largest absolute Gasteiger partial charge is 0.453 e. The van der Waals surface area contributed by atoms with E-state index in [4.69, 9.17) is 4.74 Å². The molecule has 2 aromatic rings. The normalized spacial score (nSPS) is 25.9. The molecule has 4 saturated heterocycles. The number of carbonyl (C=O) groups excluding carboxylic acids is 2. The molecule has 5 fully saturated rings. The molecule has 2 N–H and O–H groups in total. The van der Waals surface area contributed by atoms with E-state index >= 15 is 4.39 Å². The van der Waals surface area contributed by atoms with Gasteiger partial charge in [-0.15, -0.1) is 0 Å². The van der Waals surface area contributed by atoms with E-state index in [9.17, 15) is 24.3 Å². The summed E-state index contributed by atoms with van der Waals surface area (Å²) in [5.74, 6) is -0.223. The molecule has 274 valence electrons. The molecule has 0 bridgehead atoms. The molecule has 4 heterocycles. The number of piperidine rings is 1. The number of alkyl carbamates (subject to hydrolysis) is 1. The number of β-amino-alcohol motifs (C(OH)–C–C–N with tert-alkyl or cyclic N) is 1. The fourth-order valence-electron chi connectivity index (χ4n) is 9.76. The van der Waals surface area contributed by atoms with Gasteiger partial charge in [-0.1, -0.05) is 18.6 Å². The van der Waals surface area contributed by atoms with Crippen LogP contribution in [-0.4, -0.2) is 122 Å². The molecule has 2 aromatic carbocycles. The van der Waals surface area contributed by atoms with Gasteiger partial charge in [0.15, 0.2) is 5.67 Å². The maximum atomic E-state index is 16.3. The van der Waals surface area contributed by atoms with Crippen LogP contribution in [0.3, 0.4) is 0 Å². The Morgan fingerprint density at radius 3 is 2.39 bits per heavy atom. The molecule has 0 unspecified atom stereocenters. The van der Waals surface area contributed by atoms with Crippen LogP contribution in [0.1, 0.15) is 66.9 Å². The van der Waals surface area contributed by atoms with Gasteiger partial charge >= 0.3 is 6.09 Å². The van der Waals surface area contributed by atoms with Gasteiger partial charge in [-0.25, -0.2) is 13.6 Å². The second-order valence-corrected chi connectivity index (χ2v) is 16.0. The molecule has 1 saturated carbocycles. The number of nitrogens with one attached hydrogen (secondary N) is 1. The number of nitrogens with zero attached hydrogens (tertiary/aromatic N) is 5. The fraction of sp³-hybridized carbons (Fsp3) is 0.615.